The van der Waals surface area contributed by atoms with E-state index in [1.165, 1.54) is 0 Å². The topological polar surface area (TPSA) is 85.1 Å². The highest BCUT2D eigenvalue weighted by Gasteiger charge is 2.16. The fourth-order valence-electron chi connectivity index (χ4n) is 1.20. The third-order valence-corrected chi connectivity index (χ3v) is 2.35. The highest BCUT2D eigenvalue weighted by atomic mass is 16.5. The van der Waals surface area contributed by atoms with E-state index in [2.05, 4.69) is 20.6 Å². The highest BCUT2D eigenvalue weighted by molar-refractivity contribution is 5.51. The number of anilines is 3. The Kier molecular flexibility index (Phi) is 4.51. The van der Waals surface area contributed by atoms with Gasteiger partial charge in [0.25, 0.3) is 0 Å². The number of rotatable bonds is 6. The molecule has 0 amide bonds. The molecule has 4 N–H and O–H groups in total. The average molecular weight is 239 g/mol. The molecule has 0 aliphatic rings. The number of nitrogens with one attached hydrogen (secondary N) is 2. The van der Waals surface area contributed by atoms with Gasteiger partial charge in [0, 0.05) is 26.3 Å². The molecule has 1 heterocycles. The lowest BCUT2D eigenvalue weighted by molar-refractivity contribution is 0.0343. The molecule has 0 unspecified atom stereocenters. The first-order chi connectivity index (χ1) is 7.96. The van der Waals surface area contributed by atoms with Crippen molar-refractivity contribution in [3.05, 3.63) is 6.07 Å². The second-order valence-electron chi connectivity index (χ2n) is 4.34. The molecule has 0 bridgehead atoms. The molecule has 96 valence electrons. The number of ether oxygens (including phenoxy) is 1. The van der Waals surface area contributed by atoms with E-state index >= 15 is 0 Å². The van der Waals surface area contributed by atoms with Gasteiger partial charge in [-0.3, -0.25) is 0 Å². The van der Waals surface area contributed by atoms with Crippen LogP contribution in [0.2, 0.25) is 0 Å². The lowest BCUT2D eigenvalue weighted by Gasteiger charge is -2.23. The zero-order valence-electron chi connectivity index (χ0n) is 10.9. The summed E-state index contributed by atoms with van der Waals surface area (Å²) in [6, 6.07) is 1.82. The predicted molar refractivity (Wildman–Crippen MR) is 70.2 cm³/mol. The second kappa shape index (κ2) is 5.67. The van der Waals surface area contributed by atoms with Crippen molar-refractivity contribution in [1.82, 2.24) is 9.97 Å². The first-order valence-corrected chi connectivity index (χ1v) is 5.64. The molecule has 0 aliphatic heterocycles. The van der Waals surface area contributed by atoms with Crippen LogP contribution in [0.5, 0.6) is 0 Å². The van der Waals surface area contributed by atoms with Gasteiger partial charge in [0.15, 0.2) is 0 Å². The van der Waals surface area contributed by atoms with E-state index in [0.717, 1.165) is 12.4 Å². The molecule has 1 aromatic heterocycles. The number of hydrogen-bond donors (Lipinski definition) is 3. The molecule has 0 fully saturated rings. The molecule has 1 aromatic rings. The largest absolute Gasteiger partial charge is 0.377 e. The van der Waals surface area contributed by atoms with E-state index in [0.29, 0.717) is 12.4 Å². The number of hydrogen-bond acceptors (Lipinski definition) is 6. The first-order valence-electron chi connectivity index (χ1n) is 5.64. The van der Waals surface area contributed by atoms with Gasteiger partial charge in [-0.15, -0.1) is 0 Å². The molecule has 6 nitrogen and oxygen atoms in total. The number of nitrogen functional groups attached to an aromatic ring is 1. The molecule has 0 saturated carbocycles. The third-order valence-electron chi connectivity index (χ3n) is 2.35. The molecule has 6 heteroatoms. The SMILES string of the molecule is CCNc1cc(NCC(C)(C)OC)nc(N)n1. The van der Waals surface area contributed by atoms with E-state index < -0.39 is 0 Å². The number of nitrogens with two attached hydrogens (primary N) is 1. The second-order valence-corrected chi connectivity index (χ2v) is 4.34. The summed E-state index contributed by atoms with van der Waals surface area (Å²) in [5.74, 6) is 1.66. The Hall–Kier alpha value is -1.56. The van der Waals surface area contributed by atoms with Gasteiger partial charge in [-0.2, -0.15) is 9.97 Å². The van der Waals surface area contributed by atoms with Crippen molar-refractivity contribution in [2.45, 2.75) is 26.4 Å². The molecular formula is C11H21N5O. The van der Waals surface area contributed by atoms with Crippen molar-refractivity contribution < 1.29 is 4.74 Å². The molecule has 0 saturated heterocycles. The van der Waals surface area contributed by atoms with Crippen LogP contribution in [0.4, 0.5) is 17.6 Å². The summed E-state index contributed by atoms with van der Waals surface area (Å²) >= 11 is 0. The maximum Gasteiger partial charge on any atom is 0.223 e. The van der Waals surface area contributed by atoms with Gasteiger partial charge in [0.05, 0.1) is 5.60 Å². The Labute approximate surface area is 102 Å². The lowest BCUT2D eigenvalue weighted by Crippen LogP contribution is -2.32. The zero-order chi connectivity index (χ0) is 12.9. The summed E-state index contributed by atoms with van der Waals surface area (Å²) in [6.45, 7) is 7.43. The van der Waals surface area contributed by atoms with Crippen LogP contribution in [-0.2, 0) is 4.74 Å². The van der Waals surface area contributed by atoms with Gasteiger partial charge in [-0.1, -0.05) is 0 Å². The van der Waals surface area contributed by atoms with Crippen molar-refractivity contribution >= 4 is 17.6 Å². The number of methoxy groups -OCH3 is 1. The van der Waals surface area contributed by atoms with E-state index in [-0.39, 0.29) is 11.5 Å². The lowest BCUT2D eigenvalue weighted by atomic mass is 10.1. The van der Waals surface area contributed by atoms with Crippen LogP contribution in [-0.4, -0.2) is 35.8 Å². The Balaban J connectivity index is 2.70. The fourth-order valence-corrected chi connectivity index (χ4v) is 1.20. The van der Waals surface area contributed by atoms with E-state index in [4.69, 9.17) is 10.5 Å². The van der Waals surface area contributed by atoms with Gasteiger partial charge in [0.1, 0.15) is 11.6 Å². The van der Waals surface area contributed by atoms with Crippen molar-refractivity contribution in [2.24, 2.45) is 0 Å². The minimum Gasteiger partial charge on any atom is -0.377 e. The maximum atomic E-state index is 5.63. The number of aromatic nitrogens is 2. The normalized spacial score (nSPS) is 11.3. The van der Waals surface area contributed by atoms with Crippen LogP contribution < -0.4 is 16.4 Å². The standard InChI is InChI=1S/C11H21N5O/c1-5-13-8-6-9(16-10(12)15-8)14-7-11(2,3)17-4/h6H,5,7H2,1-4H3,(H4,12,13,14,15,16). The van der Waals surface area contributed by atoms with Gasteiger partial charge in [-0.05, 0) is 20.8 Å². The summed E-state index contributed by atoms with van der Waals surface area (Å²) in [7, 11) is 1.68. The van der Waals surface area contributed by atoms with E-state index in [1.54, 1.807) is 7.11 Å². The summed E-state index contributed by atoms with van der Waals surface area (Å²) in [4.78, 5) is 8.19. The van der Waals surface area contributed by atoms with Crippen LogP contribution >= 0.6 is 0 Å². The quantitative estimate of drug-likeness (QED) is 0.694. The van der Waals surface area contributed by atoms with E-state index in [1.807, 2.05) is 26.8 Å². The Bertz CT molecular complexity index is 367. The van der Waals surface area contributed by atoms with Crippen molar-refractivity contribution in [3.63, 3.8) is 0 Å². The Morgan fingerprint density at radius 3 is 2.41 bits per heavy atom. The molecule has 17 heavy (non-hydrogen) atoms. The number of nitrogens with zero attached hydrogens (tertiary/aromatic N) is 2. The molecular weight excluding hydrogens is 218 g/mol. The van der Waals surface area contributed by atoms with Crippen LogP contribution in [0.15, 0.2) is 6.07 Å². The Morgan fingerprint density at radius 1 is 1.29 bits per heavy atom. The summed E-state index contributed by atoms with van der Waals surface area (Å²) in [5, 5.41) is 6.28. The Morgan fingerprint density at radius 2 is 1.88 bits per heavy atom. The molecule has 0 spiro atoms. The molecule has 0 atom stereocenters. The fraction of sp³-hybridized carbons (Fsp3) is 0.636. The molecule has 1 rings (SSSR count). The first kappa shape index (κ1) is 13.5. The van der Waals surface area contributed by atoms with Crippen LogP contribution in [0.1, 0.15) is 20.8 Å². The smallest absolute Gasteiger partial charge is 0.223 e. The summed E-state index contributed by atoms with van der Waals surface area (Å²) < 4.78 is 5.31. The molecule has 0 aliphatic carbocycles. The zero-order valence-corrected chi connectivity index (χ0v) is 10.9. The minimum atomic E-state index is -0.252. The monoisotopic (exact) mass is 239 g/mol. The summed E-state index contributed by atoms with van der Waals surface area (Å²) in [5.41, 5.74) is 5.38. The van der Waals surface area contributed by atoms with Crippen molar-refractivity contribution in [3.8, 4) is 0 Å². The van der Waals surface area contributed by atoms with Crippen LogP contribution in [0.25, 0.3) is 0 Å². The predicted octanol–water partition coefficient (Wildman–Crippen LogP) is 1.33. The van der Waals surface area contributed by atoms with Crippen molar-refractivity contribution in [1.29, 1.82) is 0 Å². The van der Waals surface area contributed by atoms with Crippen LogP contribution in [0.3, 0.4) is 0 Å². The summed E-state index contributed by atoms with van der Waals surface area (Å²) in [6.07, 6.45) is 0. The molecule has 0 radical (unpaired) electrons. The van der Waals surface area contributed by atoms with Gasteiger partial charge < -0.3 is 21.1 Å². The van der Waals surface area contributed by atoms with Crippen LogP contribution in [0, 0.1) is 0 Å². The van der Waals surface area contributed by atoms with Gasteiger partial charge in [-0.25, -0.2) is 0 Å². The highest BCUT2D eigenvalue weighted by Crippen LogP contribution is 2.14. The van der Waals surface area contributed by atoms with E-state index in [9.17, 15) is 0 Å². The van der Waals surface area contributed by atoms with Crippen molar-refractivity contribution in [2.75, 3.05) is 36.6 Å². The van der Waals surface area contributed by atoms with Gasteiger partial charge >= 0.3 is 0 Å². The minimum absolute atomic E-state index is 0.251. The average Bonchev–Trinajstić information content (AvgIpc) is 2.26. The maximum absolute atomic E-state index is 5.63. The van der Waals surface area contributed by atoms with Gasteiger partial charge in [0.2, 0.25) is 5.95 Å². The molecule has 0 aromatic carbocycles. The third kappa shape index (κ3) is 4.44.